The van der Waals surface area contributed by atoms with Crippen LogP contribution in [0.3, 0.4) is 0 Å². The van der Waals surface area contributed by atoms with Gasteiger partial charge >= 0.3 is 0 Å². The second kappa shape index (κ2) is 8.04. The van der Waals surface area contributed by atoms with Gasteiger partial charge in [0.1, 0.15) is 5.75 Å². The Balaban J connectivity index is 2.78. The lowest BCUT2D eigenvalue weighted by Gasteiger charge is -2.30. The van der Waals surface area contributed by atoms with Crippen LogP contribution in [0, 0.1) is 11.3 Å². The van der Waals surface area contributed by atoms with Gasteiger partial charge in [-0.2, -0.15) is 0 Å². The van der Waals surface area contributed by atoms with Crippen molar-refractivity contribution in [2.75, 3.05) is 20.2 Å². The topological polar surface area (TPSA) is 21.3 Å². The van der Waals surface area contributed by atoms with Crippen LogP contribution in [0.2, 0.25) is 0 Å². The van der Waals surface area contributed by atoms with Gasteiger partial charge in [-0.15, -0.1) is 0 Å². The molecule has 1 unspecified atom stereocenters. The molecule has 3 heteroatoms. The third kappa shape index (κ3) is 5.45. The van der Waals surface area contributed by atoms with Crippen LogP contribution in [0.1, 0.15) is 39.7 Å². The minimum Gasteiger partial charge on any atom is -0.496 e. The molecule has 0 aliphatic heterocycles. The third-order valence-electron chi connectivity index (χ3n) is 3.82. The Morgan fingerprint density at radius 2 is 2.05 bits per heavy atom. The van der Waals surface area contributed by atoms with Crippen LogP contribution in [0.5, 0.6) is 5.75 Å². The Morgan fingerprint density at radius 1 is 1.35 bits per heavy atom. The molecule has 1 atom stereocenters. The van der Waals surface area contributed by atoms with Crippen LogP contribution in [-0.2, 0) is 6.42 Å². The monoisotopic (exact) mass is 341 g/mol. The highest BCUT2D eigenvalue weighted by Gasteiger charge is 2.24. The summed E-state index contributed by atoms with van der Waals surface area (Å²) < 4.78 is 6.61. The summed E-state index contributed by atoms with van der Waals surface area (Å²) in [6.45, 7) is 11.2. The first-order chi connectivity index (χ1) is 9.40. The lowest BCUT2D eigenvalue weighted by Crippen LogP contribution is -2.35. The Kier molecular flexibility index (Phi) is 7.04. The highest BCUT2D eigenvalue weighted by Crippen LogP contribution is 2.32. The van der Waals surface area contributed by atoms with Gasteiger partial charge in [-0.1, -0.05) is 43.6 Å². The molecule has 0 heterocycles. The van der Waals surface area contributed by atoms with Gasteiger partial charge < -0.3 is 10.1 Å². The zero-order chi connectivity index (χ0) is 15.2. The number of benzene rings is 1. The number of halogens is 1. The molecular weight excluding hydrogens is 314 g/mol. The first-order valence-corrected chi connectivity index (χ1v) is 8.22. The van der Waals surface area contributed by atoms with Crippen LogP contribution >= 0.6 is 15.9 Å². The molecule has 0 aliphatic rings. The van der Waals surface area contributed by atoms with Gasteiger partial charge in [-0.25, -0.2) is 0 Å². The fraction of sp³-hybridized carbons (Fsp3) is 0.647. The summed E-state index contributed by atoms with van der Waals surface area (Å²) in [6, 6.07) is 6.24. The molecule has 1 rings (SSSR count). The maximum atomic E-state index is 5.49. The van der Waals surface area contributed by atoms with Crippen LogP contribution in [0.25, 0.3) is 0 Å². The first kappa shape index (κ1) is 17.5. The molecule has 0 aliphatic carbocycles. The fourth-order valence-corrected chi connectivity index (χ4v) is 2.73. The minimum absolute atomic E-state index is 0.253. The van der Waals surface area contributed by atoms with Gasteiger partial charge in [-0.3, -0.25) is 0 Å². The van der Waals surface area contributed by atoms with Crippen LogP contribution < -0.4 is 10.1 Å². The Labute approximate surface area is 132 Å². The van der Waals surface area contributed by atoms with Crippen molar-refractivity contribution >= 4 is 15.9 Å². The number of methoxy groups -OCH3 is 1. The summed E-state index contributed by atoms with van der Waals surface area (Å²) in [5.41, 5.74) is 1.53. The van der Waals surface area contributed by atoms with E-state index < -0.39 is 0 Å². The molecule has 20 heavy (non-hydrogen) atoms. The van der Waals surface area contributed by atoms with Crippen molar-refractivity contribution in [3.05, 3.63) is 28.2 Å². The molecule has 0 amide bonds. The highest BCUT2D eigenvalue weighted by molar-refractivity contribution is 9.10. The minimum atomic E-state index is 0.253. The molecular formula is C17H28BrNO. The fourth-order valence-electron chi connectivity index (χ4n) is 2.32. The Morgan fingerprint density at radius 3 is 2.60 bits per heavy atom. The lowest BCUT2D eigenvalue weighted by molar-refractivity contribution is 0.280. The van der Waals surface area contributed by atoms with Gasteiger partial charge in [0.05, 0.1) is 7.11 Å². The average molecular weight is 342 g/mol. The predicted octanol–water partition coefficient (Wildman–Crippen LogP) is 4.66. The lowest BCUT2D eigenvalue weighted by atomic mass is 9.80. The molecule has 1 N–H and O–H groups in total. The molecule has 1 aromatic rings. The smallest absolute Gasteiger partial charge is 0.122 e. The molecule has 0 saturated carbocycles. The van der Waals surface area contributed by atoms with Gasteiger partial charge in [0.2, 0.25) is 0 Å². The molecule has 0 saturated heterocycles. The standard InChI is InChI=1S/C17H28BrNO/c1-6-17(4,12-19-11-13(2)3)10-14-9-15(18)7-8-16(14)20-5/h7-9,13,19H,6,10-12H2,1-5H3. The van der Waals surface area contributed by atoms with Gasteiger partial charge in [0, 0.05) is 11.0 Å². The van der Waals surface area contributed by atoms with Crippen molar-refractivity contribution < 1.29 is 4.74 Å². The Bertz CT molecular complexity index is 419. The van der Waals surface area contributed by atoms with E-state index in [4.69, 9.17) is 4.74 Å². The summed E-state index contributed by atoms with van der Waals surface area (Å²) >= 11 is 3.56. The highest BCUT2D eigenvalue weighted by atomic mass is 79.9. The van der Waals surface area contributed by atoms with Crippen molar-refractivity contribution in [3.8, 4) is 5.75 Å². The second-order valence-electron chi connectivity index (χ2n) is 6.32. The number of ether oxygens (including phenoxy) is 1. The molecule has 0 aromatic heterocycles. The molecule has 2 nitrogen and oxygen atoms in total. The van der Waals surface area contributed by atoms with E-state index in [0.29, 0.717) is 5.92 Å². The number of rotatable bonds is 8. The third-order valence-corrected chi connectivity index (χ3v) is 4.31. The van der Waals surface area contributed by atoms with E-state index in [2.05, 4.69) is 55.0 Å². The molecule has 0 bridgehead atoms. The van der Waals surface area contributed by atoms with E-state index >= 15 is 0 Å². The SMILES string of the molecule is CCC(C)(CNCC(C)C)Cc1cc(Br)ccc1OC. The summed E-state index contributed by atoms with van der Waals surface area (Å²) in [5, 5.41) is 3.60. The maximum absolute atomic E-state index is 5.49. The van der Waals surface area contributed by atoms with Crippen molar-refractivity contribution in [1.29, 1.82) is 0 Å². The maximum Gasteiger partial charge on any atom is 0.122 e. The first-order valence-electron chi connectivity index (χ1n) is 7.43. The van der Waals surface area contributed by atoms with Crippen molar-refractivity contribution in [2.45, 2.75) is 40.5 Å². The summed E-state index contributed by atoms with van der Waals surface area (Å²) in [7, 11) is 1.74. The molecule has 114 valence electrons. The molecule has 0 radical (unpaired) electrons. The summed E-state index contributed by atoms with van der Waals surface area (Å²) in [4.78, 5) is 0. The van der Waals surface area contributed by atoms with E-state index in [1.54, 1.807) is 7.11 Å². The van der Waals surface area contributed by atoms with E-state index in [1.807, 2.05) is 12.1 Å². The Hall–Kier alpha value is -0.540. The van der Waals surface area contributed by atoms with Crippen molar-refractivity contribution in [3.63, 3.8) is 0 Å². The summed E-state index contributed by atoms with van der Waals surface area (Å²) in [6.07, 6.45) is 2.17. The van der Waals surface area contributed by atoms with Crippen molar-refractivity contribution in [1.82, 2.24) is 5.32 Å². The van der Waals surface area contributed by atoms with E-state index in [1.165, 1.54) is 5.56 Å². The predicted molar refractivity (Wildman–Crippen MR) is 90.5 cm³/mol. The largest absolute Gasteiger partial charge is 0.496 e. The zero-order valence-corrected chi connectivity index (χ0v) is 15.0. The molecule has 0 spiro atoms. The zero-order valence-electron chi connectivity index (χ0n) is 13.4. The van der Waals surface area contributed by atoms with Gasteiger partial charge in [0.25, 0.3) is 0 Å². The number of hydrogen-bond donors (Lipinski definition) is 1. The quantitative estimate of drug-likeness (QED) is 0.742. The molecule has 1 aromatic carbocycles. The van der Waals surface area contributed by atoms with E-state index in [-0.39, 0.29) is 5.41 Å². The van der Waals surface area contributed by atoms with Crippen LogP contribution in [0.15, 0.2) is 22.7 Å². The van der Waals surface area contributed by atoms with Crippen LogP contribution in [-0.4, -0.2) is 20.2 Å². The van der Waals surface area contributed by atoms with Crippen molar-refractivity contribution in [2.24, 2.45) is 11.3 Å². The van der Waals surface area contributed by atoms with Crippen LogP contribution in [0.4, 0.5) is 0 Å². The normalized spacial score (nSPS) is 14.3. The number of hydrogen-bond acceptors (Lipinski definition) is 2. The molecule has 0 fully saturated rings. The van der Waals surface area contributed by atoms with Gasteiger partial charge in [0.15, 0.2) is 0 Å². The summed E-state index contributed by atoms with van der Waals surface area (Å²) in [5.74, 6) is 1.67. The van der Waals surface area contributed by atoms with E-state index in [9.17, 15) is 0 Å². The number of nitrogens with one attached hydrogen (secondary N) is 1. The van der Waals surface area contributed by atoms with Gasteiger partial charge in [-0.05, 0) is 54.5 Å². The average Bonchev–Trinajstić information content (AvgIpc) is 2.38. The second-order valence-corrected chi connectivity index (χ2v) is 7.24. The van der Waals surface area contributed by atoms with E-state index in [0.717, 1.165) is 36.2 Å².